The zero-order valence-electron chi connectivity index (χ0n) is 10.9. The van der Waals surface area contributed by atoms with Gasteiger partial charge in [-0.15, -0.1) is 0 Å². The van der Waals surface area contributed by atoms with Crippen molar-refractivity contribution in [3.63, 3.8) is 0 Å². The van der Waals surface area contributed by atoms with Crippen LogP contribution in [0.4, 0.5) is 4.39 Å². The van der Waals surface area contributed by atoms with Gasteiger partial charge in [0.2, 0.25) is 0 Å². The van der Waals surface area contributed by atoms with Crippen LogP contribution in [0.15, 0.2) is 42.5 Å². The first-order valence-electron chi connectivity index (χ1n) is 6.50. The topological polar surface area (TPSA) is 35.2 Å². The third kappa shape index (κ3) is 2.51. The Balaban J connectivity index is 1.86. The Kier molecular flexibility index (Phi) is 3.40. The average Bonchev–Trinajstić information content (AvgIpc) is 2.44. The van der Waals surface area contributed by atoms with E-state index < -0.39 is 11.4 Å². The fraction of sp³-hybridized carbons (Fsp3) is 0.250. The lowest BCUT2D eigenvalue weighted by atomic mass is 9.84. The van der Waals surface area contributed by atoms with E-state index in [1.54, 1.807) is 12.1 Å². The quantitative estimate of drug-likeness (QED) is 0.921. The highest BCUT2D eigenvalue weighted by molar-refractivity contribution is 6.30. The molecule has 4 heteroatoms. The summed E-state index contributed by atoms with van der Waals surface area (Å²) in [5.74, 6) is 0.470. The molecule has 1 heterocycles. The first-order valence-corrected chi connectivity index (χ1v) is 6.88. The molecule has 1 atom stereocenters. The molecule has 1 aliphatic rings. The van der Waals surface area contributed by atoms with E-state index in [1.165, 1.54) is 6.07 Å². The third-order valence-corrected chi connectivity index (χ3v) is 3.90. The van der Waals surface area contributed by atoms with Gasteiger partial charge in [0.05, 0.1) is 10.6 Å². The average molecular weight is 292 g/mol. The van der Waals surface area contributed by atoms with Gasteiger partial charge in [-0.1, -0.05) is 41.9 Å². The zero-order chi connectivity index (χ0) is 14.2. The van der Waals surface area contributed by atoms with Crippen molar-refractivity contribution in [2.24, 2.45) is 5.73 Å². The molecule has 2 aromatic carbocycles. The van der Waals surface area contributed by atoms with Crippen LogP contribution >= 0.6 is 11.6 Å². The summed E-state index contributed by atoms with van der Waals surface area (Å²) in [4.78, 5) is 0. The molecule has 1 unspecified atom stereocenters. The molecule has 3 rings (SSSR count). The SMILES string of the molecule is NC1(Cc2cccc(Cl)c2F)COc2ccccc2C1. The van der Waals surface area contributed by atoms with Gasteiger partial charge >= 0.3 is 0 Å². The number of halogens is 2. The van der Waals surface area contributed by atoms with Crippen LogP contribution < -0.4 is 10.5 Å². The van der Waals surface area contributed by atoms with Gasteiger partial charge in [-0.2, -0.15) is 0 Å². The Hall–Kier alpha value is -1.58. The van der Waals surface area contributed by atoms with Gasteiger partial charge in [0.15, 0.2) is 0 Å². The standard InChI is InChI=1S/C16H15ClFNO/c17-13-6-3-5-12(15(13)18)9-16(19)8-11-4-1-2-7-14(11)20-10-16/h1-7H,8-10,19H2. The van der Waals surface area contributed by atoms with E-state index in [-0.39, 0.29) is 5.02 Å². The predicted molar refractivity (Wildman–Crippen MR) is 77.7 cm³/mol. The zero-order valence-corrected chi connectivity index (χ0v) is 11.7. The van der Waals surface area contributed by atoms with Gasteiger partial charge in [0.25, 0.3) is 0 Å². The van der Waals surface area contributed by atoms with Crippen LogP contribution in [-0.2, 0) is 12.8 Å². The fourth-order valence-corrected chi connectivity index (χ4v) is 2.81. The minimum absolute atomic E-state index is 0.128. The van der Waals surface area contributed by atoms with Crippen molar-refractivity contribution in [3.05, 3.63) is 64.4 Å². The summed E-state index contributed by atoms with van der Waals surface area (Å²) >= 11 is 5.81. The molecule has 104 valence electrons. The number of rotatable bonds is 2. The molecule has 1 aliphatic heterocycles. The molecule has 0 saturated carbocycles. The molecule has 20 heavy (non-hydrogen) atoms. The highest BCUT2D eigenvalue weighted by Crippen LogP contribution is 2.31. The summed E-state index contributed by atoms with van der Waals surface area (Å²) in [6.45, 7) is 0.371. The second kappa shape index (κ2) is 5.08. The molecule has 0 fully saturated rings. The van der Waals surface area contributed by atoms with E-state index in [9.17, 15) is 4.39 Å². The molecule has 2 aromatic rings. The van der Waals surface area contributed by atoms with E-state index >= 15 is 0 Å². The van der Waals surface area contributed by atoms with Crippen molar-refractivity contribution < 1.29 is 9.13 Å². The lowest BCUT2D eigenvalue weighted by Crippen LogP contribution is -2.51. The first-order chi connectivity index (χ1) is 9.57. The summed E-state index contributed by atoms with van der Waals surface area (Å²) in [6, 6.07) is 12.8. The molecule has 2 nitrogen and oxygen atoms in total. The summed E-state index contributed by atoms with van der Waals surface area (Å²) in [5, 5.41) is 0.128. The van der Waals surface area contributed by atoms with Crippen LogP contribution in [0, 0.1) is 5.82 Å². The van der Waals surface area contributed by atoms with Crippen molar-refractivity contribution in [2.75, 3.05) is 6.61 Å². The van der Waals surface area contributed by atoms with Crippen LogP contribution in [0.2, 0.25) is 5.02 Å². The van der Waals surface area contributed by atoms with Gasteiger partial charge in [0.1, 0.15) is 18.2 Å². The summed E-state index contributed by atoms with van der Waals surface area (Å²) < 4.78 is 19.7. The van der Waals surface area contributed by atoms with Gasteiger partial charge in [0, 0.05) is 0 Å². The molecule has 0 bridgehead atoms. The van der Waals surface area contributed by atoms with Crippen molar-refractivity contribution in [2.45, 2.75) is 18.4 Å². The van der Waals surface area contributed by atoms with Crippen LogP contribution in [0.25, 0.3) is 0 Å². The van der Waals surface area contributed by atoms with E-state index in [2.05, 4.69) is 0 Å². The number of ether oxygens (including phenoxy) is 1. The van der Waals surface area contributed by atoms with Crippen molar-refractivity contribution in [3.8, 4) is 5.75 Å². The van der Waals surface area contributed by atoms with E-state index in [4.69, 9.17) is 22.1 Å². The minimum Gasteiger partial charge on any atom is -0.491 e. The molecule has 0 amide bonds. The number of fused-ring (bicyclic) bond motifs is 1. The van der Waals surface area contributed by atoms with Gasteiger partial charge in [-0.25, -0.2) is 4.39 Å². The second-order valence-corrected chi connectivity index (χ2v) is 5.73. The van der Waals surface area contributed by atoms with Crippen molar-refractivity contribution in [1.82, 2.24) is 0 Å². The maximum Gasteiger partial charge on any atom is 0.145 e. The fourth-order valence-electron chi connectivity index (χ4n) is 2.62. The molecule has 0 radical (unpaired) electrons. The van der Waals surface area contributed by atoms with Crippen LogP contribution in [0.5, 0.6) is 5.75 Å². The van der Waals surface area contributed by atoms with Crippen molar-refractivity contribution >= 4 is 11.6 Å². The molecule has 0 spiro atoms. The van der Waals surface area contributed by atoms with E-state index in [0.717, 1.165) is 11.3 Å². The Morgan fingerprint density at radius 1 is 1.20 bits per heavy atom. The molecule has 0 aromatic heterocycles. The molecule has 2 N–H and O–H groups in total. The lowest BCUT2D eigenvalue weighted by molar-refractivity contribution is 0.189. The second-order valence-electron chi connectivity index (χ2n) is 5.33. The number of hydrogen-bond acceptors (Lipinski definition) is 2. The normalized spacial score (nSPS) is 21.1. The highest BCUT2D eigenvalue weighted by atomic mass is 35.5. The van der Waals surface area contributed by atoms with E-state index in [0.29, 0.717) is 25.0 Å². The Bertz CT molecular complexity index is 646. The van der Waals surface area contributed by atoms with Crippen LogP contribution in [0.3, 0.4) is 0 Å². The first kappa shape index (κ1) is 13.4. The van der Waals surface area contributed by atoms with E-state index in [1.807, 2.05) is 24.3 Å². The predicted octanol–water partition coefficient (Wildman–Crippen LogP) is 3.35. The monoisotopic (exact) mass is 291 g/mol. The van der Waals surface area contributed by atoms with Gasteiger partial charge in [-0.3, -0.25) is 0 Å². The smallest absolute Gasteiger partial charge is 0.145 e. The number of hydrogen-bond donors (Lipinski definition) is 1. The summed E-state index contributed by atoms with van der Waals surface area (Å²) in [7, 11) is 0. The Morgan fingerprint density at radius 2 is 2.00 bits per heavy atom. The number of nitrogens with two attached hydrogens (primary N) is 1. The largest absolute Gasteiger partial charge is 0.491 e. The maximum absolute atomic E-state index is 14.0. The maximum atomic E-state index is 14.0. The lowest BCUT2D eigenvalue weighted by Gasteiger charge is -2.35. The van der Waals surface area contributed by atoms with Gasteiger partial charge in [-0.05, 0) is 36.1 Å². The number of para-hydroxylation sites is 1. The summed E-state index contributed by atoms with van der Waals surface area (Å²) in [5.41, 5.74) is 7.37. The third-order valence-electron chi connectivity index (χ3n) is 3.60. The molecule has 0 aliphatic carbocycles. The molecular weight excluding hydrogens is 277 g/mol. The number of benzene rings is 2. The van der Waals surface area contributed by atoms with Crippen molar-refractivity contribution in [1.29, 1.82) is 0 Å². The van der Waals surface area contributed by atoms with Gasteiger partial charge < -0.3 is 10.5 Å². The molecular formula is C16H15ClFNO. The minimum atomic E-state index is -0.611. The Labute approximate surface area is 122 Å². The van der Waals surface area contributed by atoms with Crippen LogP contribution in [0.1, 0.15) is 11.1 Å². The summed E-state index contributed by atoms with van der Waals surface area (Å²) in [6.07, 6.45) is 1.06. The molecule has 0 saturated heterocycles. The van der Waals surface area contributed by atoms with Crippen LogP contribution in [-0.4, -0.2) is 12.1 Å². The highest BCUT2D eigenvalue weighted by Gasteiger charge is 2.33. The Morgan fingerprint density at radius 3 is 2.85 bits per heavy atom.